The Morgan fingerprint density at radius 2 is 1.85 bits per heavy atom. The topological polar surface area (TPSA) is 8.81 Å². The van der Waals surface area contributed by atoms with E-state index in [1.807, 2.05) is 0 Å². The number of hydrogen-bond donors (Lipinski definition) is 0. The van der Waals surface area contributed by atoms with Crippen molar-refractivity contribution in [2.24, 2.45) is 0 Å². The smallest absolute Gasteiger partial charge is 0.225 e. The molecule has 2 nitrogen and oxygen atoms in total. The van der Waals surface area contributed by atoms with Crippen molar-refractivity contribution in [1.82, 2.24) is 4.57 Å². The maximum absolute atomic E-state index is 9.18. The average Bonchev–Trinajstić information content (AvgIpc) is 3.38. The fraction of sp³-hybridized carbons (Fsp3) is 0.160. The van der Waals surface area contributed by atoms with Gasteiger partial charge in [-0.1, -0.05) is 53.9 Å². The summed E-state index contributed by atoms with van der Waals surface area (Å²) in [5.41, 5.74) is 0.0446. The van der Waals surface area contributed by atoms with E-state index in [-0.39, 0.29) is 82.9 Å². The molecule has 27 heavy (non-hydrogen) atoms. The molecule has 5 rings (SSSR count). The third-order valence-electron chi connectivity index (χ3n) is 4.66. The molecule has 132 valence electrons. The van der Waals surface area contributed by atoms with Crippen molar-refractivity contribution < 1.29 is 22.4 Å². The second-order valence-electron chi connectivity index (χ2n) is 6.44. The molecule has 2 heterocycles. The SMILES string of the molecule is [2H]c1cc2c(c([2H])c1[2H])C[n+]1c([2H])c(-c3c(C)c([2H])c([2H])c([2H])c3C([2H])([2H])[2H])n(-c3cc([2H])c(C)c([2H])c3[2H])c1-2. The first-order valence-electron chi connectivity index (χ1n) is 14.9. The van der Waals surface area contributed by atoms with Gasteiger partial charge in [-0.3, -0.25) is 0 Å². The number of hydrogen-bond acceptors (Lipinski definition) is 0. The number of benzene rings is 3. The monoisotopic (exact) mass is 364 g/mol. The van der Waals surface area contributed by atoms with Gasteiger partial charge in [-0.15, -0.1) is 0 Å². The molecule has 2 heteroatoms. The number of nitrogens with zero attached hydrogens (tertiary/aromatic N) is 2. The lowest BCUT2D eigenvalue weighted by atomic mass is 10.00. The normalized spacial score (nSPS) is 19.4. The molecule has 3 aromatic carbocycles. The standard InChI is InChI=1S/C25H23N2/c1-17-11-13-21(14-12-17)27-23(24-18(2)7-6-8-19(24)3)16-26-15-20-9-4-5-10-22(20)25(26)27/h4-14,16H,15H2,1-3H3/q+1/i2D3,4D,5D,6D,7D,8D,9D,11D,12D,13D,16D. The van der Waals surface area contributed by atoms with Crippen LogP contribution in [0.15, 0.2) is 72.7 Å². The van der Waals surface area contributed by atoms with Crippen LogP contribution in [-0.4, -0.2) is 4.57 Å². The van der Waals surface area contributed by atoms with Crippen LogP contribution < -0.4 is 4.57 Å². The van der Waals surface area contributed by atoms with Gasteiger partial charge >= 0.3 is 0 Å². The molecular formula is C25H23N2+. The Labute approximate surface area is 178 Å². The summed E-state index contributed by atoms with van der Waals surface area (Å²) < 4.78 is 112. The van der Waals surface area contributed by atoms with Crippen molar-refractivity contribution in [3.8, 4) is 28.3 Å². The second kappa shape index (κ2) is 5.95. The lowest BCUT2D eigenvalue weighted by molar-refractivity contribution is -0.670. The first-order valence-corrected chi connectivity index (χ1v) is 8.44. The van der Waals surface area contributed by atoms with Crippen LogP contribution in [0.5, 0.6) is 0 Å². The van der Waals surface area contributed by atoms with Gasteiger partial charge < -0.3 is 0 Å². The van der Waals surface area contributed by atoms with E-state index < -0.39 is 30.5 Å². The molecule has 0 atom stereocenters. The molecule has 0 aliphatic carbocycles. The molecule has 1 aliphatic heterocycles. The molecule has 0 N–H and O–H groups in total. The third kappa shape index (κ3) is 2.44. The number of rotatable bonds is 2. The molecule has 0 bridgehead atoms. The van der Waals surface area contributed by atoms with Crippen LogP contribution in [0, 0.1) is 20.7 Å². The fourth-order valence-electron chi connectivity index (χ4n) is 3.42. The minimum absolute atomic E-state index is 0.0265. The second-order valence-corrected chi connectivity index (χ2v) is 6.44. The maximum Gasteiger partial charge on any atom is 0.295 e. The molecule has 4 aromatic rings. The first kappa shape index (κ1) is 7.47. The number of aromatic nitrogens is 2. The molecule has 0 radical (unpaired) electrons. The van der Waals surface area contributed by atoms with Crippen molar-refractivity contribution in [3.63, 3.8) is 0 Å². The van der Waals surface area contributed by atoms with Crippen LogP contribution in [0.3, 0.4) is 0 Å². The van der Waals surface area contributed by atoms with Gasteiger partial charge in [-0.25, -0.2) is 4.57 Å². The van der Waals surface area contributed by atoms with Gasteiger partial charge in [0.1, 0.15) is 19.8 Å². The Balaban J connectivity index is 2.06. The molecule has 0 fully saturated rings. The zero-order chi connectivity index (χ0) is 29.7. The van der Waals surface area contributed by atoms with Crippen molar-refractivity contribution in [2.75, 3.05) is 0 Å². The maximum atomic E-state index is 9.18. The Bertz CT molecular complexity index is 1780. The average molecular weight is 365 g/mol. The van der Waals surface area contributed by atoms with Gasteiger partial charge in [0.25, 0.3) is 5.82 Å². The van der Waals surface area contributed by atoms with E-state index in [1.165, 1.54) is 35.1 Å². The highest BCUT2D eigenvalue weighted by molar-refractivity contribution is 5.74. The van der Waals surface area contributed by atoms with Gasteiger partial charge in [0.15, 0.2) is 5.69 Å². The van der Waals surface area contributed by atoms with Crippen LogP contribution >= 0.6 is 0 Å². The number of imidazole rings is 1. The van der Waals surface area contributed by atoms with Crippen molar-refractivity contribution >= 4 is 0 Å². The van der Waals surface area contributed by atoms with E-state index in [9.17, 15) is 1.37 Å². The molecule has 0 spiro atoms. The lowest BCUT2D eigenvalue weighted by Gasteiger charge is -2.10. The first-order chi connectivity index (χ1) is 18.5. The summed E-state index contributed by atoms with van der Waals surface area (Å²) in [5.74, 6) is 0.178. The van der Waals surface area contributed by atoms with Crippen molar-refractivity contribution in [1.29, 1.82) is 0 Å². The summed E-state index contributed by atoms with van der Waals surface area (Å²) in [4.78, 5) is 0. The zero-order valence-electron chi connectivity index (χ0n) is 27.8. The van der Waals surface area contributed by atoms with Crippen molar-refractivity contribution in [3.05, 3.63) is 94.9 Å². The lowest BCUT2D eigenvalue weighted by Crippen LogP contribution is -2.29. The Kier molecular flexibility index (Phi) is 1.65. The highest BCUT2D eigenvalue weighted by atomic mass is 15.2. The summed E-state index contributed by atoms with van der Waals surface area (Å²) in [6.07, 6.45) is -0.285. The molecule has 0 amide bonds. The predicted octanol–water partition coefficient (Wildman–Crippen LogP) is 5.39. The summed E-state index contributed by atoms with van der Waals surface area (Å²) in [6.45, 7) is -0.0558. The fourth-order valence-corrected chi connectivity index (χ4v) is 3.42. The van der Waals surface area contributed by atoms with Gasteiger partial charge in [0.2, 0.25) is 0 Å². The van der Waals surface area contributed by atoms with E-state index in [4.69, 9.17) is 16.4 Å². The van der Waals surface area contributed by atoms with E-state index >= 15 is 0 Å². The molecule has 0 saturated carbocycles. The third-order valence-corrected chi connectivity index (χ3v) is 4.66. The van der Waals surface area contributed by atoms with Gasteiger partial charge in [-0.2, -0.15) is 4.57 Å². The number of fused-ring (bicyclic) bond motifs is 3. The quantitative estimate of drug-likeness (QED) is 0.372. The Morgan fingerprint density at radius 3 is 2.74 bits per heavy atom. The van der Waals surface area contributed by atoms with Crippen LogP contribution in [0.2, 0.25) is 0 Å². The highest BCUT2D eigenvalue weighted by Crippen LogP contribution is 2.36. The molecular weight excluding hydrogens is 328 g/mol. The van der Waals surface area contributed by atoms with Gasteiger partial charge in [0, 0.05) is 15.2 Å². The van der Waals surface area contributed by atoms with E-state index in [0.717, 1.165) is 0 Å². The summed E-state index contributed by atoms with van der Waals surface area (Å²) in [6, 6.07) is -0.440. The van der Waals surface area contributed by atoms with Crippen LogP contribution in [0.1, 0.15) is 40.1 Å². The van der Waals surface area contributed by atoms with Gasteiger partial charge in [0.05, 0.1) is 17.9 Å². The summed E-state index contributed by atoms with van der Waals surface area (Å²) in [7, 11) is 0. The Morgan fingerprint density at radius 1 is 0.963 bits per heavy atom. The summed E-state index contributed by atoms with van der Waals surface area (Å²) in [5, 5.41) is 0. The van der Waals surface area contributed by atoms with Crippen LogP contribution in [0.25, 0.3) is 28.3 Å². The molecule has 0 saturated heterocycles. The zero-order valence-corrected chi connectivity index (χ0v) is 14.8. The van der Waals surface area contributed by atoms with E-state index in [0.29, 0.717) is 11.1 Å². The predicted molar refractivity (Wildman–Crippen MR) is 110 cm³/mol. The molecule has 0 unspecified atom stereocenters. The van der Waals surface area contributed by atoms with Crippen LogP contribution in [-0.2, 0) is 6.54 Å². The van der Waals surface area contributed by atoms with Gasteiger partial charge in [-0.05, 0) is 50.0 Å². The largest absolute Gasteiger partial charge is 0.295 e. The molecule has 1 aliphatic rings. The van der Waals surface area contributed by atoms with Crippen LogP contribution in [0.4, 0.5) is 0 Å². The van der Waals surface area contributed by atoms with E-state index in [1.54, 1.807) is 0 Å². The van der Waals surface area contributed by atoms with Crippen molar-refractivity contribution in [2.45, 2.75) is 27.2 Å². The van der Waals surface area contributed by atoms with E-state index in [2.05, 4.69) is 0 Å². The highest BCUT2D eigenvalue weighted by Gasteiger charge is 2.34. The minimum Gasteiger partial charge on any atom is -0.225 e. The minimum atomic E-state index is -2.92. The molecule has 1 aromatic heterocycles. The Hall–Kier alpha value is -3.13. The summed E-state index contributed by atoms with van der Waals surface area (Å²) >= 11 is 0.